The molecule has 0 spiro atoms. The molecule has 3 N–H and O–H groups in total. The molecule has 0 aromatic carbocycles. The van der Waals surface area contributed by atoms with Gasteiger partial charge in [-0.3, -0.25) is 4.99 Å². The summed E-state index contributed by atoms with van der Waals surface area (Å²) in [5.74, 6) is 2.06. The number of aromatic nitrogens is 1. The highest BCUT2D eigenvalue weighted by atomic mass is 127. The van der Waals surface area contributed by atoms with E-state index in [9.17, 15) is 0 Å². The van der Waals surface area contributed by atoms with Gasteiger partial charge in [0, 0.05) is 58.8 Å². The lowest BCUT2D eigenvalue weighted by Gasteiger charge is -2.21. The van der Waals surface area contributed by atoms with Gasteiger partial charge in [0.2, 0.25) is 0 Å². The van der Waals surface area contributed by atoms with Crippen LogP contribution in [0.2, 0.25) is 10.0 Å². The molecule has 0 saturated carbocycles. The molecule has 1 aliphatic heterocycles. The molecule has 0 unspecified atom stereocenters. The molecule has 1 fully saturated rings. The van der Waals surface area contributed by atoms with Gasteiger partial charge in [-0.2, -0.15) is 0 Å². The zero-order valence-electron chi connectivity index (χ0n) is 16.9. The van der Waals surface area contributed by atoms with Crippen LogP contribution in [0.5, 0.6) is 0 Å². The lowest BCUT2D eigenvalue weighted by molar-refractivity contribution is 0.0205. The number of anilines is 1. The average Bonchev–Trinajstić information content (AvgIpc) is 2.70. The SMILES string of the molecule is CCNC(=NCCCOCC1CCOCC1)NCCNc1ncc(Cl)cc1Cl.I. The first-order valence-electron chi connectivity index (χ1n) is 9.91. The van der Waals surface area contributed by atoms with Gasteiger partial charge in [0.25, 0.3) is 0 Å². The fourth-order valence-corrected chi connectivity index (χ4v) is 3.22. The van der Waals surface area contributed by atoms with Crippen LogP contribution >= 0.6 is 47.2 Å². The van der Waals surface area contributed by atoms with Crippen LogP contribution in [0.15, 0.2) is 17.3 Å². The molecular formula is C19H32Cl2IN5O2. The van der Waals surface area contributed by atoms with Gasteiger partial charge >= 0.3 is 0 Å². The Labute approximate surface area is 200 Å². The van der Waals surface area contributed by atoms with E-state index < -0.39 is 0 Å². The number of nitrogens with one attached hydrogen (secondary N) is 3. The molecule has 0 bridgehead atoms. The van der Waals surface area contributed by atoms with Crippen LogP contribution in [-0.2, 0) is 9.47 Å². The molecule has 1 aliphatic rings. The second kappa shape index (κ2) is 16.2. The lowest BCUT2D eigenvalue weighted by Crippen LogP contribution is -2.39. The van der Waals surface area contributed by atoms with Crippen molar-refractivity contribution < 1.29 is 9.47 Å². The van der Waals surface area contributed by atoms with Gasteiger partial charge in [0.1, 0.15) is 5.82 Å². The number of ether oxygens (including phenoxy) is 2. The average molecular weight is 560 g/mol. The highest BCUT2D eigenvalue weighted by Gasteiger charge is 2.13. The normalized spacial score (nSPS) is 14.9. The van der Waals surface area contributed by atoms with Crippen molar-refractivity contribution in [2.24, 2.45) is 10.9 Å². The van der Waals surface area contributed by atoms with Gasteiger partial charge in [-0.05, 0) is 38.2 Å². The maximum Gasteiger partial charge on any atom is 0.191 e. The molecule has 2 rings (SSSR count). The number of rotatable bonds is 11. The summed E-state index contributed by atoms with van der Waals surface area (Å²) < 4.78 is 11.1. The number of halogens is 3. The predicted octanol–water partition coefficient (Wildman–Crippen LogP) is 3.81. The second-order valence-corrected chi connectivity index (χ2v) is 7.43. The topological polar surface area (TPSA) is 79.8 Å². The first-order chi connectivity index (χ1) is 13.7. The number of nitrogens with zero attached hydrogens (tertiary/aromatic N) is 2. The Morgan fingerprint density at radius 1 is 1.28 bits per heavy atom. The minimum Gasteiger partial charge on any atom is -0.381 e. The number of hydrogen-bond acceptors (Lipinski definition) is 5. The Kier molecular flexibility index (Phi) is 14.8. The van der Waals surface area contributed by atoms with Gasteiger partial charge in [0.15, 0.2) is 5.96 Å². The third-order valence-corrected chi connectivity index (χ3v) is 4.77. The zero-order chi connectivity index (χ0) is 20.0. The molecule has 166 valence electrons. The molecule has 0 radical (unpaired) electrons. The van der Waals surface area contributed by atoms with Crippen LogP contribution in [0.25, 0.3) is 0 Å². The van der Waals surface area contributed by atoms with Gasteiger partial charge in [-0.25, -0.2) is 4.98 Å². The molecule has 0 atom stereocenters. The quantitative estimate of drug-likeness (QED) is 0.166. The molecule has 2 heterocycles. The number of pyridine rings is 1. The summed E-state index contributed by atoms with van der Waals surface area (Å²) in [6.07, 6.45) is 4.69. The Morgan fingerprint density at radius 3 is 2.79 bits per heavy atom. The maximum atomic E-state index is 6.10. The van der Waals surface area contributed by atoms with Crippen molar-refractivity contribution in [3.63, 3.8) is 0 Å². The molecule has 0 aliphatic carbocycles. The molecule has 10 heteroatoms. The van der Waals surface area contributed by atoms with Crippen molar-refractivity contribution in [1.29, 1.82) is 0 Å². The predicted molar refractivity (Wildman–Crippen MR) is 131 cm³/mol. The van der Waals surface area contributed by atoms with Crippen LogP contribution in [0.1, 0.15) is 26.2 Å². The van der Waals surface area contributed by atoms with Crippen molar-refractivity contribution in [2.75, 3.05) is 57.9 Å². The van der Waals surface area contributed by atoms with E-state index in [1.807, 2.05) is 6.92 Å². The Bertz CT molecular complexity index is 604. The minimum atomic E-state index is 0. The van der Waals surface area contributed by atoms with E-state index >= 15 is 0 Å². The Morgan fingerprint density at radius 2 is 2.07 bits per heavy atom. The standard InChI is InChI=1S/C19H31Cl2N5O2.HI/c1-2-22-19(24-6-3-9-28-14-15-4-10-27-11-5-15)25-8-7-23-18-17(21)12-16(20)13-26-18;/h12-13,15H,2-11,14H2,1H3,(H,23,26)(H2,22,24,25);1H. The molecule has 7 nitrogen and oxygen atoms in total. The van der Waals surface area contributed by atoms with Crippen molar-refractivity contribution in [1.82, 2.24) is 15.6 Å². The number of hydrogen-bond donors (Lipinski definition) is 3. The summed E-state index contributed by atoms with van der Waals surface area (Å²) >= 11 is 11.9. The van der Waals surface area contributed by atoms with E-state index in [0.29, 0.717) is 34.9 Å². The van der Waals surface area contributed by atoms with E-state index in [1.165, 1.54) is 0 Å². The van der Waals surface area contributed by atoms with Crippen molar-refractivity contribution >= 4 is 59.0 Å². The first kappa shape index (κ1) is 26.5. The van der Waals surface area contributed by atoms with Crippen LogP contribution in [-0.4, -0.2) is 63.6 Å². The fourth-order valence-electron chi connectivity index (χ4n) is 2.77. The smallest absolute Gasteiger partial charge is 0.191 e. The van der Waals surface area contributed by atoms with E-state index in [-0.39, 0.29) is 24.0 Å². The number of guanidine groups is 1. The highest BCUT2D eigenvalue weighted by molar-refractivity contribution is 14.0. The highest BCUT2D eigenvalue weighted by Crippen LogP contribution is 2.22. The molecule has 1 aromatic rings. The molecule has 1 aromatic heterocycles. The van der Waals surface area contributed by atoms with Crippen LogP contribution < -0.4 is 16.0 Å². The summed E-state index contributed by atoms with van der Waals surface area (Å²) in [7, 11) is 0. The number of aliphatic imine (C=N–C) groups is 1. The zero-order valence-corrected chi connectivity index (χ0v) is 20.7. The van der Waals surface area contributed by atoms with Crippen molar-refractivity contribution in [3.05, 3.63) is 22.3 Å². The van der Waals surface area contributed by atoms with E-state index in [4.69, 9.17) is 32.7 Å². The summed E-state index contributed by atoms with van der Waals surface area (Å²) in [6, 6.07) is 1.67. The molecular weight excluding hydrogens is 528 g/mol. The second-order valence-electron chi connectivity index (χ2n) is 6.58. The van der Waals surface area contributed by atoms with Crippen molar-refractivity contribution in [3.8, 4) is 0 Å². The third kappa shape index (κ3) is 11.4. The monoisotopic (exact) mass is 559 g/mol. The largest absolute Gasteiger partial charge is 0.381 e. The minimum absolute atomic E-state index is 0. The van der Waals surface area contributed by atoms with Gasteiger partial charge < -0.3 is 25.4 Å². The lowest BCUT2D eigenvalue weighted by atomic mass is 10.0. The van der Waals surface area contributed by atoms with Crippen LogP contribution in [0.3, 0.4) is 0 Å². The van der Waals surface area contributed by atoms with Gasteiger partial charge in [0.05, 0.1) is 10.0 Å². The summed E-state index contributed by atoms with van der Waals surface area (Å²) in [6.45, 7) is 8.23. The third-order valence-electron chi connectivity index (χ3n) is 4.27. The van der Waals surface area contributed by atoms with E-state index in [1.54, 1.807) is 12.3 Å². The van der Waals surface area contributed by atoms with Gasteiger partial charge in [-0.1, -0.05) is 23.2 Å². The van der Waals surface area contributed by atoms with Crippen LogP contribution in [0.4, 0.5) is 5.82 Å². The molecule has 1 saturated heterocycles. The summed E-state index contributed by atoms with van der Waals surface area (Å²) in [4.78, 5) is 8.75. The summed E-state index contributed by atoms with van der Waals surface area (Å²) in [5.41, 5.74) is 0. The Hall–Kier alpha value is -0.550. The van der Waals surface area contributed by atoms with E-state index in [2.05, 4.69) is 25.9 Å². The molecule has 29 heavy (non-hydrogen) atoms. The maximum absolute atomic E-state index is 6.10. The van der Waals surface area contributed by atoms with Crippen LogP contribution in [0, 0.1) is 5.92 Å². The molecule has 0 amide bonds. The first-order valence-corrected chi connectivity index (χ1v) is 10.7. The van der Waals surface area contributed by atoms with Crippen molar-refractivity contribution in [2.45, 2.75) is 26.2 Å². The fraction of sp³-hybridized carbons (Fsp3) is 0.684. The van der Waals surface area contributed by atoms with E-state index in [0.717, 1.165) is 64.7 Å². The van der Waals surface area contributed by atoms with Gasteiger partial charge in [-0.15, -0.1) is 24.0 Å². The Balaban J connectivity index is 0.00000420. The summed E-state index contributed by atoms with van der Waals surface area (Å²) in [5, 5.41) is 10.7.